The molecule has 9 nitrogen and oxygen atoms in total. The lowest BCUT2D eigenvalue weighted by molar-refractivity contribution is 0.341. The van der Waals surface area contributed by atoms with Crippen LogP contribution in [0.1, 0.15) is 49.5 Å². The summed E-state index contributed by atoms with van der Waals surface area (Å²) in [5, 5.41) is 9.64. The molecule has 39 heavy (non-hydrogen) atoms. The fourth-order valence-corrected chi connectivity index (χ4v) is 6.12. The van der Waals surface area contributed by atoms with Gasteiger partial charge in [0, 0.05) is 12.1 Å². The summed E-state index contributed by atoms with van der Waals surface area (Å²) in [6.07, 6.45) is 4.09. The molecule has 6 rings (SSSR count). The summed E-state index contributed by atoms with van der Waals surface area (Å²) in [5.41, 5.74) is 11.2. The van der Waals surface area contributed by atoms with Gasteiger partial charge in [-0.1, -0.05) is 18.9 Å². The van der Waals surface area contributed by atoms with Crippen molar-refractivity contribution in [2.75, 3.05) is 16.4 Å². The lowest BCUT2D eigenvalue weighted by atomic mass is 9.84. The fourth-order valence-electron chi connectivity index (χ4n) is 6.12. The van der Waals surface area contributed by atoms with Crippen LogP contribution in [-0.2, 0) is 0 Å². The van der Waals surface area contributed by atoms with E-state index in [1.54, 1.807) is 0 Å². The molecule has 0 radical (unpaired) electrons. The average Bonchev–Trinajstić information content (AvgIpc) is 3.27. The lowest BCUT2D eigenvalue weighted by Gasteiger charge is -2.35. The van der Waals surface area contributed by atoms with Crippen molar-refractivity contribution < 1.29 is 13.2 Å². The van der Waals surface area contributed by atoms with E-state index in [1.807, 2.05) is 4.90 Å². The fraction of sp³-hybridized carbons (Fsp3) is 0.296. The third kappa shape index (κ3) is 4.01. The van der Waals surface area contributed by atoms with Crippen molar-refractivity contribution >= 4 is 28.5 Å². The molecule has 0 unspecified atom stereocenters. The van der Waals surface area contributed by atoms with Gasteiger partial charge in [-0.3, -0.25) is 9.36 Å². The molecule has 4 N–H and O–H groups in total. The number of nitrogen functional groups attached to an aromatic ring is 2. The number of aromatic nitrogens is 4. The first-order chi connectivity index (χ1) is 18.8. The maximum atomic E-state index is 14.9. The molecule has 2 aliphatic rings. The van der Waals surface area contributed by atoms with E-state index in [0.717, 1.165) is 48.4 Å². The van der Waals surface area contributed by atoms with Gasteiger partial charge in [0.1, 0.15) is 46.1 Å². The highest BCUT2D eigenvalue weighted by Gasteiger charge is 2.46. The molecule has 2 fully saturated rings. The van der Waals surface area contributed by atoms with E-state index in [4.69, 9.17) is 16.5 Å². The van der Waals surface area contributed by atoms with Crippen LogP contribution in [0.4, 0.5) is 30.8 Å². The molecule has 4 aromatic rings. The number of halogens is 3. The number of anilines is 3. The number of hydrogen-bond acceptors (Lipinski definition) is 8. The van der Waals surface area contributed by atoms with Gasteiger partial charge < -0.3 is 16.4 Å². The molecule has 1 saturated carbocycles. The maximum Gasteiger partial charge on any atom is 0.269 e. The predicted molar refractivity (Wildman–Crippen MR) is 138 cm³/mol. The molecule has 1 saturated heterocycles. The Morgan fingerprint density at radius 3 is 2.49 bits per heavy atom. The second kappa shape index (κ2) is 9.27. The first kappa shape index (κ1) is 24.7. The Morgan fingerprint density at radius 1 is 1.00 bits per heavy atom. The van der Waals surface area contributed by atoms with Crippen molar-refractivity contribution in [3.05, 3.63) is 75.6 Å². The summed E-state index contributed by atoms with van der Waals surface area (Å²) in [6.45, 7) is 0. The lowest BCUT2D eigenvalue weighted by Crippen LogP contribution is -2.39. The zero-order chi connectivity index (χ0) is 27.4. The molecular weight excluding hydrogens is 509 g/mol. The van der Waals surface area contributed by atoms with E-state index < -0.39 is 29.1 Å². The zero-order valence-electron chi connectivity index (χ0n) is 20.6. The van der Waals surface area contributed by atoms with Gasteiger partial charge in [0.15, 0.2) is 5.82 Å². The van der Waals surface area contributed by atoms with Crippen LogP contribution < -0.4 is 21.9 Å². The Balaban J connectivity index is 1.67. The molecule has 0 spiro atoms. The molecule has 1 aliphatic carbocycles. The third-order valence-electron chi connectivity index (χ3n) is 7.66. The smallest absolute Gasteiger partial charge is 0.269 e. The van der Waals surface area contributed by atoms with Crippen LogP contribution in [0, 0.1) is 34.7 Å². The number of fused-ring (bicyclic) bond motifs is 2. The SMILES string of the molecule is N#Cc1c(N)nc(N)nc1N1[C@H](c2nc3cccc(F)c3c(=O)n2-c2cc(F)cc(F)c2)C[C@@H]2CCCC[C@@H]21. The van der Waals surface area contributed by atoms with Crippen LogP contribution in [0.3, 0.4) is 0 Å². The van der Waals surface area contributed by atoms with Crippen LogP contribution in [0.5, 0.6) is 0 Å². The molecule has 1 aliphatic heterocycles. The summed E-state index contributed by atoms with van der Waals surface area (Å²) < 4.78 is 44.7. The summed E-state index contributed by atoms with van der Waals surface area (Å²) in [7, 11) is 0. The minimum absolute atomic E-state index is 0.0259. The predicted octanol–water partition coefficient (Wildman–Crippen LogP) is 4.14. The quantitative estimate of drug-likeness (QED) is 0.401. The van der Waals surface area contributed by atoms with E-state index in [-0.39, 0.29) is 57.5 Å². The molecule has 3 atom stereocenters. The van der Waals surface area contributed by atoms with Crippen LogP contribution in [-0.4, -0.2) is 25.6 Å². The Kier molecular flexibility index (Phi) is 5.86. The Morgan fingerprint density at radius 2 is 1.74 bits per heavy atom. The van der Waals surface area contributed by atoms with Gasteiger partial charge in [0.2, 0.25) is 5.95 Å². The van der Waals surface area contributed by atoms with E-state index in [1.165, 1.54) is 12.1 Å². The van der Waals surface area contributed by atoms with Crippen molar-refractivity contribution in [3.63, 3.8) is 0 Å². The van der Waals surface area contributed by atoms with Gasteiger partial charge in [0.25, 0.3) is 5.56 Å². The molecule has 0 amide bonds. The van der Waals surface area contributed by atoms with Crippen LogP contribution in [0.15, 0.2) is 41.2 Å². The molecule has 2 aromatic carbocycles. The first-order valence-electron chi connectivity index (χ1n) is 12.6. The average molecular weight is 533 g/mol. The minimum atomic E-state index is -0.906. The van der Waals surface area contributed by atoms with Crippen molar-refractivity contribution in [3.8, 4) is 11.8 Å². The first-order valence-corrected chi connectivity index (χ1v) is 12.6. The van der Waals surface area contributed by atoms with Gasteiger partial charge >= 0.3 is 0 Å². The molecule has 0 bridgehead atoms. The van der Waals surface area contributed by atoms with Crippen molar-refractivity contribution in [2.45, 2.75) is 44.2 Å². The number of nitrogens with two attached hydrogens (primary N) is 2. The van der Waals surface area contributed by atoms with Crippen LogP contribution >= 0.6 is 0 Å². The minimum Gasteiger partial charge on any atom is -0.382 e. The zero-order valence-corrected chi connectivity index (χ0v) is 20.6. The van der Waals surface area contributed by atoms with Gasteiger partial charge in [-0.05, 0) is 49.4 Å². The van der Waals surface area contributed by atoms with Gasteiger partial charge in [-0.25, -0.2) is 18.2 Å². The second-order valence-corrected chi connectivity index (χ2v) is 9.92. The van der Waals surface area contributed by atoms with E-state index >= 15 is 0 Å². The molecule has 3 heterocycles. The number of nitriles is 1. The number of rotatable bonds is 3. The highest BCUT2D eigenvalue weighted by atomic mass is 19.1. The van der Waals surface area contributed by atoms with Crippen molar-refractivity contribution in [1.29, 1.82) is 5.26 Å². The maximum absolute atomic E-state index is 14.9. The summed E-state index contributed by atoms with van der Waals surface area (Å²) in [5.74, 6) is -2.35. The van der Waals surface area contributed by atoms with Crippen LogP contribution in [0.2, 0.25) is 0 Å². The Hall–Kier alpha value is -4.66. The Labute approximate surface area is 220 Å². The standard InChI is InChI=1S/C27H23F3N8O/c28-14-9-15(29)11-16(10-14)37-25(34-19-6-3-5-18(30)22(19)26(37)39)21-8-13-4-1-2-7-20(13)38(21)24-17(12-31)23(32)35-27(33)36-24/h3,5-6,9-11,13,20-21H,1-2,4,7-8H2,(H4,32,33,35,36)/t13-,20-,21-/m0/s1. The third-order valence-corrected chi connectivity index (χ3v) is 7.66. The highest BCUT2D eigenvalue weighted by molar-refractivity contribution is 5.79. The molecular formula is C27H23F3N8O. The van der Waals surface area contributed by atoms with Gasteiger partial charge in [-0.2, -0.15) is 15.2 Å². The topological polar surface area (TPSA) is 140 Å². The number of benzene rings is 2. The molecule has 12 heteroatoms. The van der Waals surface area contributed by atoms with E-state index in [2.05, 4.69) is 16.0 Å². The largest absolute Gasteiger partial charge is 0.382 e. The van der Waals surface area contributed by atoms with E-state index in [0.29, 0.717) is 12.5 Å². The normalized spacial score (nSPS) is 20.7. The molecule has 2 aromatic heterocycles. The molecule has 198 valence electrons. The van der Waals surface area contributed by atoms with Gasteiger partial charge in [-0.15, -0.1) is 0 Å². The monoisotopic (exact) mass is 532 g/mol. The number of nitrogens with zero attached hydrogens (tertiary/aromatic N) is 6. The van der Waals surface area contributed by atoms with E-state index in [9.17, 15) is 23.2 Å². The highest BCUT2D eigenvalue weighted by Crippen LogP contribution is 2.49. The Bertz CT molecular complexity index is 1710. The van der Waals surface area contributed by atoms with Gasteiger partial charge in [0.05, 0.1) is 17.2 Å². The summed E-state index contributed by atoms with van der Waals surface area (Å²) in [6, 6.07) is 8.04. The van der Waals surface area contributed by atoms with Crippen molar-refractivity contribution in [2.24, 2.45) is 5.92 Å². The van der Waals surface area contributed by atoms with Crippen LogP contribution in [0.25, 0.3) is 16.6 Å². The van der Waals surface area contributed by atoms with Crippen molar-refractivity contribution in [1.82, 2.24) is 19.5 Å². The summed E-state index contributed by atoms with van der Waals surface area (Å²) >= 11 is 0. The number of hydrogen-bond donors (Lipinski definition) is 2. The summed E-state index contributed by atoms with van der Waals surface area (Å²) in [4.78, 5) is 28.7. The second-order valence-electron chi connectivity index (χ2n) is 9.92.